The Morgan fingerprint density at radius 2 is 2.00 bits per heavy atom. The van der Waals surface area contributed by atoms with Gasteiger partial charge in [0.1, 0.15) is 10.3 Å². The minimum Gasteiger partial charge on any atom is -0.355 e. The maximum atomic E-state index is 13.3. The quantitative estimate of drug-likeness (QED) is 0.454. The highest BCUT2D eigenvalue weighted by Crippen LogP contribution is 2.33. The normalized spacial score (nSPS) is 18.9. The number of thiophene rings is 1. The molecule has 1 aliphatic heterocycles. The molecule has 192 valence electrons. The van der Waals surface area contributed by atoms with E-state index < -0.39 is 16.1 Å². The lowest BCUT2D eigenvalue weighted by molar-refractivity contribution is -0.142. The molecule has 3 aromatic rings. The number of carbonyl (C=O) groups excluding carboxylic acids is 2. The van der Waals surface area contributed by atoms with Gasteiger partial charge in [-0.3, -0.25) is 9.59 Å². The van der Waals surface area contributed by atoms with E-state index in [1.54, 1.807) is 28.6 Å². The molecule has 0 radical (unpaired) electrons. The number of carbonyl (C=O) groups is 2. The average Bonchev–Trinajstić information content (AvgIpc) is 3.66. The summed E-state index contributed by atoms with van der Waals surface area (Å²) in [5, 5.41) is 8.77. The van der Waals surface area contributed by atoms with Crippen LogP contribution in [0.15, 0.2) is 44.7 Å². The molecule has 3 aromatic heterocycles. The van der Waals surface area contributed by atoms with Crippen molar-refractivity contribution in [2.75, 3.05) is 25.0 Å². The standard InChI is InChI=1S/C23H27N5O5S3/c29-20-15-27(36(31,32)21-7-6-19(35-21)18-8-9-25-33-18)11-12-28(20)17(14-16-4-2-1-3-5-16)22(30)26-23-24-10-13-34-23/h6-10,13,16-17H,1-5,11-12,14-15H2,(H,24,26,30)/t17-/m0/s1. The number of rotatable bonds is 8. The Bertz CT molecular complexity index is 1280. The van der Waals surface area contributed by atoms with Crippen LogP contribution >= 0.6 is 22.7 Å². The van der Waals surface area contributed by atoms with Crippen LogP contribution in [0, 0.1) is 5.92 Å². The molecule has 1 atom stereocenters. The van der Waals surface area contributed by atoms with Crippen molar-refractivity contribution < 1.29 is 22.5 Å². The van der Waals surface area contributed by atoms with E-state index in [9.17, 15) is 18.0 Å². The van der Waals surface area contributed by atoms with Gasteiger partial charge in [0.05, 0.1) is 17.6 Å². The van der Waals surface area contributed by atoms with Crippen LogP contribution in [-0.4, -0.2) is 65.3 Å². The molecule has 1 aliphatic carbocycles. The smallest absolute Gasteiger partial charge is 0.253 e. The molecule has 1 N–H and O–H groups in total. The molecule has 0 aromatic carbocycles. The summed E-state index contributed by atoms with van der Waals surface area (Å²) in [7, 11) is -3.87. The summed E-state index contributed by atoms with van der Waals surface area (Å²) in [6.07, 6.45) is 9.21. The Labute approximate surface area is 217 Å². The number of nitrogens with one attached hydrogen (secondary N) is 1. The van der Waals surface area contributed by atoms with Crippen LogP contribution in [0.25, 0.3) is 10.6 Å². The third-order valence-corrected chi connectivity index (χ3v) is 10.8. The largest absolute Gasteiger partial charge is 0.355 e. The number of anilines is 1. The maximum Gasteiger partial charge on any atom is 0.253 e. The SMILES string of the molecule is O=C(Nc1nccs1)[C@H](CC1CCCCC1)N1CCN(S(=O)(=O)c2ccc(-c3ccno3)s2)CC1=O. The number of hydrogen-bond donors (Lipinski definition) is 1. The average molecular weight is 550 g/mol. The van der Waals surface area contributed by atoms with E-state index in [-0.39, 0.29) is 35.7 Å². The molecule has 2 amide bonds. The molecule has 2 aliphatic rings. The highest BCUT2D eigenvalue weighted by molar-refractivity contribution is 7.91. The summed E-state index contributed by atoms with van der Waals surface area (Å²) >= 11 is 2.39. The Balaban J connectivity index is 1.30. The highest BCUT2D eigenvalue weighted by atomic mass is 32.2. The molecule has 10 nitrogen and oxygen atoms in total. The van der Waals surface area contributed by atoms with E-state index >= 15 is 0 Å². The Morgan fingerprint density at radius 3 is 2.69 bits per heavy atom. The molecule has 36 heavy (non-hydrogen) atoms. The Morgan fingerprint density at radius 1 is 1.17 bits per heavy atom. The first-order valence-electron chi connectivity index (χ1n) is 11.9. The second kappa shape index (κ2) is 10.8. The van der Waals surface area contributed by atoms with E-state index in [1.807, 2.05) is 0 Å². The third kappa shape index (κ3) is 5.38. The maximum absolute atomic E-state index is 13.3. The van der Waals surface area contributed by atoms with Gasteiger partial charge in [0.25, 0.3) is 10.0 Å². The van der Waals surface area contributed by atoms with Gasteiger partial charge >= 0.3 is 0 Å². The predicted molar refractivity (Wildman–Crippen MR) is 136 cm³/mol. The third-order valence-electron chi connectivity index (χ3n) is 6.70. The zero-order valence-electron chi connectivity index (χ0n) is 19.5. The van der Waals surface area contributed by atoms with Crippen molar-refractivity contribution in [2.45, 2.75) is 48.8 Å². The zero-order valence-corrected chi connectivity index (χ0v) is 22.0. The Hall–Kier alpha value is -2.61. The minimum atomic E-state index is -3.87. The van der Waals surface area contributed by atoms with Crippen LogP contribution in [0.3, 0.4) is 0 Å². The molecule has 0 spiro atoms. The lowest BCUT2D eigenvalue weighted by Gasteiger charge is -2.39. The fourth-order valence-corrected chi connectivity index (χ4v) is 8.18. The minimum absolute atomic E-state index is 0.120. The van der Waals surface area contributed by atoms with Gasteiger partial charge in [-0.2, -0.15) is 4.31 Å². The summed E-state index contributed by atoms with van der Waals surface area (Å²) in [5.41, 5.74) is 0. The fraction of sp³-hybridized carbons (Fsp3) is 0.478. The monoisotopic (exact) mass is 549 g/mol. The topological polar surface area (TPSA) is 126 Å². The van der Waals surface area contributed by atoms with Gasteiger partial charge in [0.15, 0.2) is 10.9 Å². The van der Waals surface area contributed by atoms with Crippen LogP contribution in [0.1, 0.15) is 38.5 Å². The van der Waals surface area contributed by atoms with E-state index in [2.05, 4.69) is 15.5 Å². The highest BCUT2D eigenvalue weighted by Gasteiger charge is 2.39. The van der Waals surface area contributed by atoms with Gasteiger partial charge in [-0.25, -0.2) is 13.4 Å². The van der Waals surface area contributed by atoms with E-state index in [4.69, 9.17) is 4.52 Å². The van der Waals surface area contributed by atoms with Crippen molar-refractivity contribution in [3.05, 3.63) is 36.0 Å². The lowest BCUT2D eigenvalue weighted by atomic mass is 9.84. The number of aromatic nitrogens is 2. The predicted octanol–water partition coefficient (Wildman–Crippen LogP) is 3.67. The number of hydrogen-bond acceptors (Lipinski definition) is 9. The molecule has 0 unspecified atom stereocenters. The van der Waals surface area contributed by atoms with Gasteiger partial charge in [0, 0.05) is 30.7 Å². The van der Waals surface area contributed by atoms with Crippen LogP contribution in [0.5, 0.6) is 0 Å². The first kappa shape index (κ1) is 25.1. The zero-order chi connectivity index (χ0) is 25.1. The first-order chi connectivity index (χ1) is 17.4. The number of thiazole rings is 1. The van der Waals surface area contributed by atoms with Crippen LogP contribution in [0.2, 0.25) is 0 Å². The Kier molecular flexibility index (Phi) is 7.51. The number of nitrogens with zero attached hydrogens (tertiary/aromatic N) is 4. The van der Waals surface area contributed by atoms with Gasteiger partial charge < -0.3 is 14.7 Å². The molecular formula is C23H27N5O5S3. The molecule has 4 heterocycles. The number of amides is 2. The van der Waals surface area contributed by atoms with Gasteiger partial charge in [0.2, 0.25) is 11.8 Å². The van der Waals surface area contributed by atoms with Crippen molar-refractivity contribution in [1.82, 2.24) is 19.3 Å². The summed E-state index contributed by atoms with van der Waals surface area (Å²) in [5.74, 6) is 0.210. The summed E-state index contributed by atoms with van der Waals surface area (Å²) in [4.78, 5) is 32.9. The summed E-state index contributed by atoms with van der Waals surface area (Å²) in [6, 6.07) is 4.18. The van der Waals surface area contributed by atoms with Gasteiger partial charge in [-0.1, -0.05) is 37.3 Å². The van der Waals surface area contributed by atoms with Crippen LogP contribution < -0.4 is 5.32 Å². The first-order valence-corrected chi connectivity index (χ1v) is 15.1. The molecule has 2 fully saturated rings. The van der Waals surface area contributed by atoms with Crippen molar-refractivity contribution >= 4 is 49.6 Å². The van der Waals surface area contributed by atoms with Crippen molar-refractivity contribution in [1.29, 1.82) is 0 Å². The second-order valence-corrected chi connectivity index (χ2v) is 13.1. The van der Waals surface area contributed by atoms with Crippen molar-refractivity contribution in [3.8, 4) is 10.6 Å². The molecule has 1 saturated heterocycles. The molecular weight excluding hydrogens is 522 g/mol. The van der Waals surface area contributed by atoms with Crippen LogP contribution in [0.4, 0.5) is 5.13 Å². The molecule has 1 saturated carbocycles. The van der Waals surface area contributed by atoms with E-state index in [0.717, 1.165) is 37.0 Å². The fourth-order valence-electron chi connectivity index (χ4n) is 4.85. The number of sulfonamides is 1. The molecule has 0 bridgehead atoms. The second-order valence-electron chi connectivity index (χ2n) is 9.00. The molecule has 5 rings (SSSR count). The summed E-state index contributed by atoms with van der Waals surface area (Å²) in [6.45, 7) is -0.0278. The summed E-state index contributed by atoms with van der Waals surface area (Å²) < 4.78 is 33.0. The lowest BCUT2D eigenvalue weighted by Crippen LogP contribution is -2.58. The van der Waals surface area contributed by atoms with E-state index in [1.165, 1.54) is 34.3 Å². The van der Waals surface area contributed by atoms with Crippen LogP contribution in [-0.2, 0) is 19.6 Å². The van der Waals surface area contributed by atoms with Gasteiger partial charge in [-0.15, -0.1) is 22.7 Å². The number of piperazine rings is 1. The van der Waals surface area contributed by atoms with E-state index in [0.29, 0.717) is 28.1 Å². The van der Waals surface area contributed by atoms with Gasteiger partial charge in [-0.05, 0) is 24.5 Å². The molecule has 13 heteroatoms. The van der Waals surface area contributed by atoms with Crippen molar-refractivity contribution in [3.63, 3.8) is 0 Å². The van der Waals surface area contributed by atoms with Crippen molar-refractivity contribution in [2.24, 2.45) is 5.92 Å².